The van der Waals surface area contributed by atoms with Gasteiger partial charge in [0.1, 0.15) is 17.2 Å². The van der Waals surface area contributed by atoms with Gasteiger partial charge in [0.05, 0.1) is 7.11 Å². The smallest absolute Gasteiger partial charge is 0.345 e. The SMILES string of the molecule is CCOC1CCc2ccc(Oc3ccc(NC(=O)N(C)OC)cc3)cc2O1. The molecule has 2 aromatic carbocycles. The van der Waals surface area contributed by atoms with Crippen LogP contribution in [0.5, 0.6) is 17.2 Å². The second-order valence-corrected chi connectivity index (χ2v) is 6.05. The highest BCUT2D eigenvalue weighted by atomic mass is 16.7. The number of carbonyl (C=O) groups is 1. The van der Waals surface area contributed by atoms with E-state index in [1.165, 1.54) is 14.2 Å². The Kier molecular flexibility index (Phi) is 6.16. The average molecular weight is 372 g/mol. The predicted molar refractivity (Wildman–Crippen MR) is 101 cm³/mol. The van der Waals surface area contributed by atoms with Gasteiger partial charge in [-0.05, 0) is 49.2 Å². The molecule has 1 aliphatic rings. The Hall–Kier alpha value is -2.77. The molecule has 1 heterocycles. The largest absolute Gasteiger partial charge is 0.465 e. The van der Waals surface area contributed by atoms with Crippen LogP contribution in [0.15, 0.2) is 42.5 Å². The van der Waals surface area contributed by atoms with Crippen LogP contribution in [0.25, 0.3) is 0 Å². The molecule has 0 radical (unpaired) electrons. The molecule has 0 spiro atoms. The Morgan fingerprint density at radius 1 is 1.22 bits per heavy atom. The zero-order chi connectivity index (χ0) is 19.2. The summed E-state index contributed by atoms with van der Waals surface area (Å²) in [5.74, 6) is 2.13. The Labute approximate surface area is 158 Å². The minimum absolute atomic E-state index is 0.203. The second-order valence-electron chi connectivity index (χ2n) is 6.05. The van der Waals surface area contributed by atoms with E-state index in [0.717, 1.165) is 29.2 Å². The summed E-state index contributed by atoms with van der Waals surface area (Å²) >= 11 is 0. The van der Waals surface area contributed by atoms with Crippen LogP contribution in [-0.2, 0) is 16.0 Å². The van der Waals surface area contributed by atoms with Crippen LogP contribution in [0.2, 0.25) is 0 Å². The standard InChI is InChI=1S/C20H24N2O5/c1-4-25-19-12-6-14-5-9-17(13-18(14)27-19)26-16-10-7-15(8-11-16)21-20(23)22(2)24-3/h5,7-11,13,19H,4,6,12H2,1-3H3,(H,21,23). The molecule has 2 amide bonds. The maximum absolute atomic E-state index is 11.8. The number of hydrogen-bond donors (Lipinski definition) is 1. The van der Waals surface area contributed by atoms with Crippen molar-refractivity contribution in [3.8, 4) is 17.2 Å². The molecule has 1 atom stereocenters. The van der Waals surface area contributed by atoms with Gasteiger partial charge in [-0.15, -0.1) is 0 Å². The van der Waals surface area contributed by atoms with Crippen molar-refractivity contribution in [2.24, 2.45) is 0 Å². The van der Waals surface area contributed by atoms with Crippen molar-refractivity contribution >= 4 is 11.7 Å². The molecule has 144 valence electrons. The Balaban J connectivity index is 1.64. The van der Waals surface area contributed by atoms with Crippen molar-refractivity contribution in [1.82, 2.24) is 5.06 Å². The van der Waals surface area contributed by atoms with Crippen molar-refractivity contribution in [3.05, 3.63) is 48.0 Å². The molecule has 27 heavy (non-hydrogen) atoms. The lowest BCUT2D eigenvalue weighted by Crippen LogP contribution is -2.30. The number of amides is 2. The van der Waals surface area contributed by atoms with Gasteiger partial charge in [-0.3, -0.25) is 4.84 Å². The first kappa shape index (κ1) is 19.0. The third-order valence-electron chi connectivity index (χ3n) is 4.20. The number of nitrogens with zero attached hydrogens (tertiary/aromatic N) is 1. The van der Waals surface area contributed by atoms with Gasteiger partial charge in [0, 0.05) is 31.8 Å². The molecular weight excluding hydrogens is 348 g/mol. The van der Waals surface area contributed by atoms with E-state index in [-0.39, 0.29) is 12.3 Å². The highest BCUT2D eigenvalue weighted by Crippen LogP contribution is 2.33. The summed E-state index contributed by atoms with van der Waals surface area (Å²) in [5, 5.41) is 3.82. The molecule has 1 unspecified atom stereocenters. The molecule has 0 aliphatic carbocycles. The van der Waals surface area contributed by atoms with Crippen LogP contribution in [-0.4, -0.2) is 38.1 Å². The van der Waals surface area contributed by atoms with Crippen molar-refractivity contribution in [2.75, 3.05) is 26.1 Å². The number of hydrogen-bond acceptors (Lipinski definition) is 5. The fourth-order valence-corrected chi connectivity index (χ4v) is 2.72. The quantitative estimate of drug-likeness (QED) is 0.770. The Morgan fingerprint density at radius 2 is 1.96 bits per heavy atom. The zero-order valence-electron chi connectivity index (χ0n) is 15.7. The van der Waals surface area contributed by atoms with Gasteiger partial charge < -0.3 is 19.5 Å². The summed E-state index contributed by atoms with van der Waals surface area (Å²) in [6.07, 6.45) is 1.57. The first-order valence-electron chi connectivity index (χ1n) is 8.87. The normalized spacial score (nSPS) is 15.4. The van der Waals surface area contributed by atoms with Crippen LogP contribution in [0.1, 0.15) is 18.9 Å². The summed E-state index contributed by atoms with van der Waals surface area (Å²) in [4.78, 5) is 16.6. The predicted octanol–water partition coefficient (Wildman–Crippen LogP) is 4.19. The van der Waals surface area contributed by atoms with E-state index >= 15 is 0 Å². The number of ether oxygens (including phenoxy) is 3. The van der Waals surface area contributed by atoms with E-state index in [1.54, 1.807) is 24.3 Å². The van der Waals surface area contributed by atoms with Crippen molar-refractivity contribution < 1.29 is 23.8 Å². The van der Waals surface area contributed by atoms with E-state index in [0.29, 0.717) is 23.8 Å². The zero-order valence-corrected chi connectivity index (χ0v) is 15.7. The van der Waals surface area contributed by atoms with Crippen LogP contribution in [0.3, 0.4) is 0 Å². The van der Waals surface area contributed by atoms with E-state index in [1.807, 2.05) is 25.1 Å². The molecule has 1 N–H and O–H groups in total. The van der Waals surface area contributed by atoms with E-state index < -0.39 is 0 Å². The highest BCUT2D eigenvalue weighted by Gasteiger charge is 2.20. The number of nitrogens with one attached hydrogen (secondary N) is 1. The van der Waals surface area contributed by atoms with Crippen molar-refractivity contribution in [1.29, 1.82) is 0 Å². The Morgan fingerprint density at radius 3 is 2.67 bits per heavy atom. The minimum Gasteiger partial charge on any atom is -0.465 e. The fraction of sp³-hybridized carbons (Fsp3) is 0.350. The molecule has 0 bridgehead atoms. The molecule has 1 aliphatic heterocycles. The topological polar surface area (TPSA) is 69.3 Å². The Bertz CT molecular complexity index is 778. The van der Waals surface area contributed by atoms with Crippen LogP contribution >= 0.6 is 0 Å². The second kappa shape index (κ2) is 8.75. The number of anilines is 1. The lowest BCUT2D eigenvalue weighted by molar-refractivity contribution is -0.0862. The summed E-state index contributed by atoms with van der Waals surface area (Å²) in [6.45, 7) is 2.58. The molecule has 0 fully saturated rings. The van der Waals surface area contributed by atoms with Crippen LogP contribution in [0, 0.1) is 0 Å². The molecule has 2 aromatic rings. The molecule has 0 aromatic heterocycles. The third-order valence-corrected chi connectivity index (χ3v) is 4.20. The van der Waals surface area contributed by atoms with Crippen molar-refractivity contribution in [3.63, 3.8) is 0 Å². The highest BCUT2D eigenvalue weighted by molar-refractivity contribution is 5.88. The van der Waals surface area contributed by atoms with Gasteiger partial charge in [-0.25, -0.2) is 9.86 Å². The molecule has 0 saturated carbocycles. The van der Waals surface area contributed by atoms with Crippen molar-refractivity contribution in [2.45, 2.75) is 26.1 Å². The first-order valence-corrected chi connectivity index (χ1v) is 8.87. The minimum atomic E-state index is -0.359. The van der Waals surface area contributed by atoms with Gasteiger partial charge in [0.15, 0.2) is 6.29 Å². The molecule has 0 saturated heterocycles. The number of hydroxylamine groups is 2. The lowest BCUT2D eigenvalue weighted by atomic mass is 10.1. The molecule has 7 nitrogen and oxygen atoms in total. The maximum atomic E-state index is 11.8. The molecule has 7 heteroatoms. The van der Waals surface area contributed by atoms with E-state index in [4.69, 9.17) is 19.0 Å². The summed E-state index contributed by atoms with van der Waals surface area (Å²) in [6, 6.07) is 12.5. The lowest BCUT2D eigenvalue weighted by Gasteiger charge is -2.26. The summed E-state index contributed by atoms with van der Waals surface area (Å²) < 4.78 is 17.3. The number of carbonyl (C=O) groups excluding carboxylic acids is 1. The van der Waals surface area contributed by atoms with Crippen LogP contribution < -0.4 is 14.8 Å². The third kappa shape index (κ3) is 4.90. The molecular formula is C20H24N2O5. The monoisotopic (exact) mass is 372 g/mol. The number of rotatable bonds is 6. The number of urea groups is 1. The van der Waals surface area contributed by atoms with Crippen LogP contribution in [0.4, 0.5) is 10.5 Å². The molecule has 3 rings (SSSR count). The number of benzene rings is 2. The number of aryl methyl sites for hydroxylation is 1. The van der Waals surface area contributed by atoms with Gasteiger partial charge in [-0.2, -0.15) is 0 Å². The van der Waals surface area contributed by atoms with Gasteiger partial charge in [-0.1, -0.05) is 6.07 Å². The van der Waals surface area contributed by atoms with E-state index in [2.05, 4.69) is 5.32 Å². The first-order chi connectivity index (χ1) is 13.1. The number of fused-ring (bicyclic) bond motifs is 1. The average Bonchev–Trinajstić information content (AvgIpc) is 2.69. The summed E-state index contributed by atoms with van der Waals surface area (Å²) in [7, 11) is 2.95. The summed E-state index contributed by atoms with van der Waals surface area (Å²) in [5.41, 5.74) is 1.79. The maximum Gasteiger partial charge on any atom is 0.345 e. The van der Waals surface area contributed by atoms with Gasteiger partial charge in [0.25, 0.3) is 0 Å². The fourth-order valence-electron chi connectivity index (χ4n) is 2.72. The van der Waals surface area contributed by atoms with Gasteiger partial charge in [0.2, 0.25) is 0 Å². The van der Waals surface area contributed by atoms with Gasteiger partial charge >= 0.3 is 6.03 Å². The van der Waals surface area contributed by atoms with E-state index in [9.17, 15) is 4.79 Å².